The molecular formula is C20H15ClN4. The molecule has 4 nitrogen and oxygen atoms in total. The third-order valence-corrected chi connectivity index (χ3v) is 4.11. The van der Waals surface area contributed by atoms with Crippen molar-refractivity contribution in [1.29, 1.82) is 0 Å². The van der Waals surface area contributed by atoms with Gasteiger partial charge in [0.25, 0.3) is 0 Å². The standard InChI is InChI=1S/C20H15ClN4/c21-16-8-4-5-14(11-16)13-22-17-9-10-18-19(12-17)23-20(25-24-18)15-6-2-1-3-7-15/h1-12,22H,13H2. The third-order valence-electron chi connectivity index (χ3n) is 3.87. The minimum atomic E-state index is 0.625. The normalized spacial score (nSPS) is 10.8. The van der Waals surface area contributed by atoms with Gasteiger partial charge in [-0.05, 0) is 35.9 Å². The Kier molecular flexibility index (Phi) is 4.27. The molecule has 3 aromatic carbocycles. The van der Waals surface area contributed by atoms with Gasteiger partial charge in [0.1, 0.15) is 5.52 Å². The van der Waals surface area contributed by atoms with Crippen LogP contribution in [0.5, 0.6) is 0 Å². The van der Waals surface area contributed by atoms with Crippen molar-refractivity contribution in [2.75, 3.05) is 5.32 Å². The van der Waals surface area contributed by atoms with Crippen molar-refractivity contribution in [3.8, 4) is 11.4 Å². The van der Waals surface area contributed by atoms with Crippen LogP contribution >= 0.6 is 11.6 Å². The van der Waals surface area contributed by atoms with E-state index in [1.165, 1.54) is 0 Å². The highest BCUT2D eigenvalue weighted by Gasteiger charge is 2.05. The van der Waals surface area contributed by atoms with Crippen LogP contribution in [0.25, 0.3) is 22.4 Å². The van der Waals surface area contributed by atoms with E-state index in [-0.39, 0.29) is 0 Å². The molecule has 0 saturated heterocycles. The van der Waals surface area contributed by atoms with Crippen LogP contribution in [0.15, 0.2) is 72.8 Å². The van der Waals surface area contributed by atoms with E-state index in [4.69, 9.17) is 11.6 Å². The summed E-state index contributed by atoms with van der Waals surface area (Å²) in [6, 6.07) is 23.5. The highest BCUT2D eigenvalue weighted by Crippen LogP contribution is 2.20. The maximum Gasteiger partial charge on any atom is 0.182 e. The number of benzene rings is 3. The average Bonchev–Trinajstić information content (AvgIpc) is 2.66. The van der Waals surface area contributed by atoms with Gasteiger partial charge in [-0.1, -0.05) is 54.1 Å². The Balaban J connectivity index is 1.60. The Morgan fingerprint density at radius 2 is 1.68 bits per heavy atom. The van der Waals surface area contributed by atoms with Gasteiger partial charge in [-0.2, -0.15) is 0 Å². The van der Waals surface area contributed by atoms with Crippen molar-refractivity contribution in [2.45, 2.75) is 6.54 Å². The summed E-state index contributed by atoms with van der Waals surface area (Å²) in [7, 11) is 0. The summed E-state index contributed by atoms with van der Waals surface area (Å²) in [6.45, 7) is 0.691. The molecule has 0 fully saturated rings. The third kappa shape index (κ3) is 3.59. The minimum absolute atomic E-state index is 0.625. The number of nitrogens with zero attached hydrogens (tertiary/aromatic N) is 3. The van der Waals surface area contributed by atoms with Crippen molar-refractivity contribution in [1.82, 2.24) is 15.2 Å². The average molecular weight is 347 g/mol. The van der Waals surface area contributed by atoms with Crippen LogP contribution in [0.4, 0.5) is 5.69 Å². The number of rotatable bonds is 4. The fourth-order valence-electron chi connectivity index (χ4n) is 2.61. The fraction of sp³-hybridized carbons (Fsp3) is 0.0500. The molecule has 4 rings (SSSR count). The van der Waals surface area contributed by atoms with Crippen molar-refractivity contribution < 1.29 is 0 Å². The van der Waals surface area contributed by atoms with Gasteiger partial charge in [0.05, 0.1) is 5.52 Å². The van der Waals surface area contributed by atoms with Gasteiger partial charge < -0.3 is 5.32 Å². The summed E-state index contributed by atoms with van der Waals surface area (Å²) >= 11 is 6.03. The molecule has 1 aromatic heterocycles. The molecule has 0 aliphatic carbocycles. The number of aromatic nitrogens is 3. The zero-order valence-corrected chi connectivity index (χ0v) is 14.1. The number of halogens is 1. The first-order chi connectivity index (χ1) is 12.3. The Hall–Kier alpha value is -2.98. The topological polar surface area (TPSA) is 50.7 Å². The minimum Gasteiger partial charge on any atom is -0.381 e. The quantitative estimate of drug-likeness (QED) is 0.567. The first kappa shape index (κ1) is 15.5. The molecule has 0 aliphatic rings. The van der Waals surface area contributed by atoms with Gasteiger partial charge in [0, 0.05) is 22.8 Å². The summed E-state index contributed by atoms with van der Waals surface area (Å²) < 4.78 is 0. The van der Waals surface area contributed by atoms with Crippen molar-refractivity contribution in [3.63, 3.8) is 0 Å². The zero-order chi connectivity index (χ0) is 17.1. The molecule has 1 N–H and O–H groups in total. The van der Waals surface area contributed by atoms with Crippen molar-refractivity contribution in [2.24, 2.45) is 0 Å². The lowest BCUT2D eigenvalue weighted by atomic mass is 10.2. The maximum atomic E-state index is 6.03. The van der Waals surface area contributed by atoms with Crippen LogP contribution in [0.3, 0.4) is 0 Å². The van der Waals surface area contributed by atoms with E-state index in [2.05, 4.69) is 20.5 Å². The van der Waals surface area contributed by atoms with Crippen molar-refractivity contribution >= 4 is 28.3 Å². The predicted molar refractivity (Wildman–Crippen MR) is 102 cm³/mol. The van der Waals surface area contributed by atoms with Crippen LogP contribution in [0, 0.1) is 0 Å². The van der Waals surface area contributed by atoms with E-state index >= 15 is 0 Å². The van der Waals surface area contributed by atoms with Gasteiger partial charge in [0.2, 0.25) is 0 Å². The monoisotopic (exact) mass is 346 g/mol. The van der Waals surface area contributed by atoms with Crippen LogP contribution in [-0.2, 0) is 6.54 Å². The summed E-state index contributed by atoms with van der Waals surface area (Å²) in [6.07, 6.45) is 0. The number of hydrogen-bond donors (Lipinski definition) is 1. The molecule has 0 amide bonds. The van der Waals surface area contributed by atoms with E-state index in [0.29, 0.717) is 12.4 Å². The summed E-state index contributed by atoms with van der Waals surface area (Å²) in [5, 5.41) is 12.6. The van der Waals surface area contributed by atoms with Gasteiger partial charge >= 0.3 is 0 Å². The van der Waals surface area contributed by atoms with Crippen molar-refractivity contribution in [3.05, 3.63) is 83.4 Å². The van der Waals surface area contributed by atoms with Crippen LogP contribution < -0.4 is 5.32 Å². The molecule has 0 spiro atoms. The Bertz CT molecular complexity index is 1020. The summed E-state index contributed by atoms with van der Waals surface area (Å²) in [4.78, 5) is 4.64. The maximum absolute atomic E-state index is 6.03. The molecule has 122 valence electrons. The van der Waals surface area contributed by atoms with E-state index in [1.54, 1.807) is 0 Å². The molecule has 0 aliphatic heterocycles. The van der Waals surface area contributed by atoms with E-state index in [9.17, 15) is 0 Å². The van der Waals surface area contributed by atoms with Crippen LogP contribution in [0.1, 0.15) is 5.56 Å². The largest absolute Gasteiger partial charge is 0.381 e. The van der Waals surface area contributed by atoms with Gasteiger partial charge in [-0.15, -0.1) is 10.2 Å². The smallest absolute Gasteiger partial charge is 0.182 e. The molecule has 1 heterocycles. The van der Waals surface area contributed by atoms with E-state index < -0.39 is 0 Å². The Labute approximate surface area is 150 Å². The highest BCUT2D eigenvalue weighted by atomic mass is 35.5. The lowest BCUT2D eigenvalue weighted by molar-refractivity contribution is 1.03. The first-order valence-electron chi connectivity index (χ1n) is 7.96. The molecule has 25 heavy (non-hydrogen) atoms. The molecule has 0 bridgehead atoms. The molecule has 0 atom stereocenters. The molecule has 0 saturated carbocycles. The molecule has 5 heteroatoms. The second kappa shape index (κ2) is 6.87. The van der Waals surface area contributed by atoms with Gasteiger partial charge in [-0.3, -0.25) is 0 Å². The molecule has 0 unspecified atom stereocenters. The Morgan fingerprint density at radius 1 is 0.800 bits per heavy atom. The molecule has 0 radical (unpaired) electrons. The second-order valence-corrected chi connectivity index (χ2v) is 6.12. The van der Waals surface area contributed by atoms with E-state index in [0.717, 1.165) is 32.9 Å². The van der Waals surface area contributed by atoms with Crippen LogP contribution in [-0.4, -0.2) is 15.2 Å². The molecular weight excluding hydrogens is 332 g/mol. The lowest BCUT2D eigenvalue weighted by Gasteiger charge is -2.08. The molecule has 4 aromatic rings. The number of anilines is 1. The summed E-state index contributed by atoms with van der Waals surface area (Å²) in [5.74, 6) is 0.625. The van der Waals surface area contributed by atoms with E-state index in [1.807, 2.05) is 72.8 Å². The highest BCUT2D eigenvalue weighted by molar-refractivity contribution is 6.30. The van der Waals surface area contributed by atoms with Gasteiger partial charge in [0.15, 0.2) is 5.82 Å². The number of fused-ring (bicyclic) bond motifs is 1. The summed E-state index contributed by atoms with van der Waals surface area (Å²) in [5.41, 5.74) is 4.64. The Morgan fingerprint density at radius 3 is 2.52 bits per heavy atom. The zero-order valence-electron chi connectivity index (χ0n) is 13.4. The number of hydrogen-bond acceptors (Lipinski definition) is 4. The van der Waals surface area contributed by atoms with Crippen LogP contribution in [0.2, 0.25) is 5.02 Å². The van der Waals surface area contributed by atoms with Gasteiger partial charge in [-0.25, -0.2) is 4.98 Å². The first-order valence-corrected chi connectivity index (χ1v) is 8.34. The second-order valence-electron chi connectivity index (χ2n) is 5.69. The predicted octanol–water partition coefficient (Wildman–Crippen LogP) is 4.96. The fourth-order valence-corrected chi connectivity index (χ4v) is 2.82. The SMILES string of the molecule is Clc1cccc(CNc2ccc3nnc(-c4ccccc4)nc3c2)c1. The lowest BCUT2D eigenvalue weighted by Crippen LogP contribution is -2.00. The number of nitrogens with one attached hydrogen (secondary N) is 1.